The molecule has 21 heavy (non-hydrogen) atoms. The van der Waals surface area contributed by atoms with E-state index >= 15 is 0 Å². The second kappa shape index (κ2) is 5.45. The van der Waals surface area contributed by atoms with Gasteiger partial charge in [-0.3, -0.25) is 0 Å². The van der Waals surface area contributed by atoms with Gasteiger partial charge in [-0.15, -0.1) is 0 Å². The van der Waals surface area contributed by atoms with Gasteiger partial charge in [-0.2, -0.15) is 13.2 Å². The molecule has 1 unspecified atom stereocenters. The maximum absolute atomic E-state index is 13.2. The maximum atomic E-state index is 13.2. The largest absolute Gasteiger partial charge is 0.501 e. The number of nitrogens with two attached hydrogens (primary N) is 1. The second-order valence-corrected chi connectivity index (χ2v) is 6.81. The summed E-state index contributed by atoms with van der Waals surface area (Å²) in [6, 6.07) is 2.42. The highest BCUT2D eigenvalue weighted by atomic mass is 32.2. The van der Waals surface area contributed by atoms with Crippen molar-refractivity contribution in [2.75, 3.05) is 24.5 Å². The number of anilines is 1. The van der Waals surface area contributed by atoms with Crippen molar-refractivity contribution in [1.29, 1.82) is 0 Å². The second-order valence-electron chi connectivity index (χ2n) is 4.90. The summed E-state index contributed by atoms with van der Waals surface area (Å²) in [6.07, 6.45) is 0.652. The lowest BCUT2D eigenvalue weighted by molar-refractivity contribution is -0.0435. The first-order valence-electron chi connectivity index (χ1n) is 6.22. The van der Waals surface area contributed by atoms with E-state index in [9.17, 15) is 26.0 Å². The SMILES string of the molecule is NCC1CCN(c2ccc(F)cc2S(=O)(=O)C(F)(F)F)C1. The van der Waals surface area contributed by atoms with E-state index in [4.69, 9.17) is 5.73 Å². The number of rotatable bonds is 3. The fraction of sp³-hybridized carbons (Fsp3) is 0.500. The van der Waals surface area contributed by atoms with Crippen molar-refractivity contribution < 1.29 is 26.0 Å². The molecule has 0 radical (unpaired) electrons. The van der Waals surface area contributed by atoms with Gasteiger partial charge in [0, 0.05) is 13.1 Å². The fourth-order valence-corrected chi connectivity index (χ4v) is 3.32. The Balaban J connectivity index is 2.50. The normalized spacial score (nSPS) is 20.0. The fourth-order valence-electron chi connectivity index (χ4n) is 2.33. The van der Waals surface area contributed by atoms with E-state index in [0.717, 1.165) is 12.1 Å². The molecule has 0 saturated carbocycles. The monoisotopic (exact) mass is 326 g/mol. The van der Waals surface area contributed by atoms with Crippen LogP contribution < -0.4 is 10.6 Å². The molecule has 1 aromatic carbocycles. The van der Waals surface area contributed by atoms with Gasteiger partial charge in [0.25, 0.3) is 9.84 Å². The molecular formula is C12H14F4N2O2S. The summed E-state index contributed by atoms with van der Waals surface area (Å²) in [5.41, 5.74) is -0.0979. The lowest BCUT2D eigenvalue weighted by Crippen LogP contribution is -2.28. The summed E-state index contributed by atoms with van der Waals surface area (Å²) in [5.74, 6) is -0.951. The zero-order valence-corrected chi connectivity index (χ0v) is 11.7. The topological polar surface area (TPSA) is 63.4 Å². The molecule has 0 aliphatic carbocycles. The predicted molar refractivity (Wildman–Crippen MR) is 69.0 cm³/mol. The lowest BCUT2D eigenvalue weighted by Gasteiger charge is -2.22. The standard InChI is InChI=1S/C12H14F4N2O2S/c13-9-1-2-10(18-4-3-8(6-17)7-18)11(5-9)21(19,20)12(14,15)16/h1-2,5,8H,3-4,6-7,17H2. The van der Waals surface area contributed by atoms with Crippen molar-refractivity contribution in [2.24, 2.45) is 11.7 Å². The van der Waals surface area contributed by atoms with E-state index in [1.165, 1.54) is 4.90 Å². The summed E-state index contributed by atoms with van der Waals surface area (Å²) in [5, 5.41) is 0. The molecule has 1 saturated heterocycles. The van der Waals surface area contributed by atoms with Crippen molar-refractivity contribution in [3.63, 3.8) is 0 Å². The average Bonchev–Trinajstić information content (AvgIpc) is 2.86. The minimum absolute atomic E-state index is 0.0801. The van der Waals surface area contributed by atoms with E-state index in [0.29, 0.717) is 32.1 Å². The molecule has 4 nitrogen and oxygen atoms in total. The van der Waals surface area contributed by atoms with Crippen LogP contribution in [0.4, 0.5) is 23.2 Å². The zero-order valence-electron chi connectivity index (χ0n) is 10.9. The Morgan fingerprint density at radius 2 is 2.00 bits per heavy atom. The van der Waals surface area contributed by atoms with Crippen LogP contribution in [0.5, 0.6) is 0 Å². The number of halogens is 4. The Morgan fingerprint density at radius 3 is 2.52 bits per heavy atom. The van der Waals surface area contributed by atoms with E-state index in [1.54, 1.807) is 0 Å². The number of sulfone groups is 1. The first-order valence-corrected chi connectivity index (χ1v) is 7.71. The third-order valence-electron chi connectivity index (χ3n) is 3.48. The molecule has 0 spiro atoms. The van der Waals surface area contributed by atoms with Crippen LogP contribution in [0.15, 0.2) is 23.1 Å². The molecule has 1 aliphatic rings. The van der Waals surface area contributed by atoms with Gasteiger partial charge in [-0.1, -0.05) is 0 Å². The lowest BCUT2D eigenvalue weighted by atomic mass is 10.1. The van der Waals surface area contributed by atoms with Crippen LogP contribution in [-0.4, -0.2) is 33.6 Å². The molecule has 1 aliphatic heterocycles. The van der Waals surface area contributed by atoms with E-state index in [2.05, 4.69) is 0 Å². The Bertz CT molecular complexity index is 631. The van der Waals surface area contributed by atoms with Gasteiger partial charge in [0.2, 0.25) is 0 Å². The van der Waals surface area contributed by atoms with Crippen LogP contribution in [-0.2, 0) is 9.84 Å². The van der Waals surface area contributed by atoms with Gasteiger partial charge in [-0.25, -0.2) is 12.8 Å². The molecule has 0 aromatic heterocycles. The molecule has 1 fully saturated rings. The van der Waals surface area contributed by atoms with Crippen LogP contribution in [0.25, 0.3) is 0 Å². The van der Waals surface area contributed by atoms with Crippen molar-refractivity contribution >= 4 is 15.5 Å². The third-order valence-corrected chi connectivity index (χ3v) is 4.99. The highest BCUT2D eigenvalue weighted by Gasteiger charge is 2.48. The highest BCUT2D eigenvalue weighted by Crippen LogP contribution is 2.37. The van der Waals surface area contributed by atoms with Crippen LogP contribution in [0.3, 0.4) is 0 Å². The summed E-state index contributed by atoms with van der Waals surface area (Å²) in [4.78, 5) is 0.447. The van der Waals surface area contributed by atoms with Crippen molar-refractivity contribution in [3.05, 3.63) is 24.0 Å². The summed E-state index contributed by atoms with van der Waals surface area (Å²) >= 11 is 0. The van der Waals surface area contributed by atoms with Crippen molar-refractivity contribution in [1.82, 2.24) is 0 Å². The molecule has 1 aromatic rings. The van der Waals surface area contributed by atoms with Gasteiger partial charge in [0.1, 0.15) is 10.7 Å². The first-order chi connectivity index (χ1) is 9.66. The molecule has 9 heteroatoms. The Kier molecular flexibility index (Phi) is 4.16. The highest BCUT2D eigenvalue weighted by molar-refractivity contribution is 7.92. The minimum atomic E-state index is -5.60. The smallest absolute Gasteiger partial charge is 0.370 e. The number of nitrogens with zero attached hydrogens (tertiary/aromatic N) is 1. The number of hydrogen-bond donors (Lipinski definition) is 1. The van der Waals surface area contributed by atoms with Gasteiger partial charge in [0.15, 0.2) is 0 Å². The molecule has 2 N–H and O–H groups in total. The van der Waals surface area contributed by atoms with Gasteiger partial charge < -0.3 is 10.6 Å². The molecule has 0 amide bonds. The molecule has 2 rings (SSSR count). The molecule has 118 valence electrons. The molecule has 0 bridgehead atoms. The third kappa shape index (κ3) is 2.98. The quantitative estimate of drug-likeness (QED) is 0.862. The van der Waals surface area contributed by atoms with Crippen LogP contribution >= 0.6 is 0 Å². The van der Waals surface area contributed by atoms with E-state index in [-0.39, 0.29) is 11.6 Å². The van der Waals surface area contributed by atoms with Gasteiger partial charge in [-0.05, 0) is 37.1 Å². The van der Waals surface area contributed by atoms with Crippen molar-refractivity contribution in [2.45, 2.75) is 16.8 Å². The maximum Gasteiger partial charge on any atom is 0.501 e. The number of hydrogen-bond acceptors (Lipinski definition) is 4. The van der Waals surface area contributed by atoms with Gasteiger partial charge >= 0.3 is 5.51 Å². The number of alkyl halides is 3. The van der Waals surface area contributed by atoms with E-state index < -0.39 is 26.1 Å². The van der Waals surface area contributed by atoms with Gasteiger partial charge in [0.05, 0.1) is 5.69 Å². The molecule has 1 atom stereocenters. The van der Waals surface area contributed by atoms with Crippen molar-refractivity contribution in [3.8, 4) is 0 Å². The summed E-state index contributed by atoms with van der Waals surface area (Å²) in [7, 11) is -5.60. The molecule has 1 heterocycles. The Labute approximate surface area is 119 Å². The minimum Gasteiger partial charge on any atom is -0.370 e. The van der Waals surface area contributed by atoms with Crippen LogP contribution in [0.2, 0.25) is 0 Å². The summed E-state index contributed by atoms with van der Waals surface area (Å²) < 4.78 is 74.5. The zero-order chi connectivity index (χ0) is 15.8. The Hall–Kier alpha value is -1.35. The Morgan fingerprint density at radius 1 is 1.33 bits per heavy atom. The molecular weight excluding hydrogens is 312 g/mol. The predicted octanol–water partition coefficient (Wildman–Crippen LogP) is 1.90. The first kappa shape index (κ1) is 16.0. The van der Waals surface area contributed by atoms with Crippen LogP contribution in [0, 0.1) is 11.7 Å². The van der Waals surface area contributed by atoms with Crippen LogP contribution in [0.1, 0.15) is 6.42 Å². The summed E-state index contributed by atoms with van der Waals surface area (Å²) in [6.45, 7) is 1.09. The average molecular weight is 326 g/mol. The van der Waals surface area contributed by atoms with E-state index in [1.807, 2.05) is 0 Å². The number of benzene rings is 1.